The van der Waals surface area contributed by atoms with Crippen molar-refractivity contribution < 1.29 is 5.11 Å². The van der Waals surface area contributed by atoms with Crippen molar-refractivity contribution in [1.29, 1.82) is 0 Å². The van der Waals surface area contributed by atoms with Crippen molar-refractivity contribution in [2.24, 2.45) is 36.6 Å². The highest BCUT2D eigenvalue weighted by Crippen LogP contribution is 2.72. The molecule has 0 radical (unpaired) electrons. The zero-order valence-electron chi connectivity index (χ0n) is 9.75. The number of aromatic nitrogens is 3. The van der Waals surface area contributed by atoms with E-state index in [0.29, 0.717) is 10.5 Å². The van der Waals surface area contributed by atoms with Crippen LogP contribution in [0.1, 0.15) is 31.1 Å². The van der Waals surface area contributed by atoms with E-state index in [1.54, 1.807) is 4.68 Å². The van der Waals surface area contributed by atoms with Gasteiger partial charge in [0.25, 0.3) is 0 Å². The summed E-state index contributed by atoms with van der Waals surface area (Å²) in [6.45, 7) is 0. The fourth-order valence-corrected chi connectivity index (χ4v) is 5.21. The van der Waals surface area contributed by atoms with E-state index in [-0.39, 0.29) is 6.10 Å². The van der Waals surface area contributed by atoms with Gasteiger partial charge in [0.05, 0.1) is 0 Å². The summed E-state index contributed by atoms with van der Waals surface area (Å²) in [6, 6.07) is 0. The Morgan fingerprint density at radius 2 is 2.00 bits per heavy atom. The minimum Gasteiger partial charge on any atom is -0.386 e. The van der Waals surface area contributed by atoms with Gasteiger partial charge in [0, 0.05) is 7.05 Å². The fraction of sp³-hybridized carbons (Fsp3) is 0.833. The quantitative estimate of drug-likeness (QED) is 0.907. The smallest absolute Gasteiger partial charge is 0.154 e. The molecule has 5 unspecified atom stereocenters. The van der Waals surface area contributed by atoms with Crippen LogP contribution in [-0.2, 0) is 7.05 Å². The van der Waals surface area contributed by atoms with E-state index >= 15 is 0 Å². The second-order valence-electron chi connectivity index (χ2n) is 5.90. The predicted octanol–water partition coefficient (Wildman–Crippen LogP) is 1.90. The third-order valence-electron chi connectivity index (χ3n) is 5.27. The van der Waals surface area contributed by atoms with Crippen LogP contribution in [-0.4, -0.2) is 20.1 Å². The largest absolute Gasteiger partial charge is 0.386 e. The van der Waals surface area contributed by atoms with Crippen molar-refractivity contribution in [3.05, 3.63) is 10.3 Å². The van der Waals surface area contributed by atoms with Gasteiger partial charge in [-0.3, -0.25) is 0 Å². The molecule has 2 bridgehead atoms. The molecule has 0 aliphatic heterocycles. The molecular weight excluding hydrogens is 282 g/mol. The molecule has 4 rings (SSSR count). The van der Waals surface area contributed by atoms with Gasteiger partial charge in [0.2, 0.25) is 0 Å². The first-order valence-corrected chi connectivity index (χ1v) is 7.21. The second kappa shape index (κ2) is 3.32. The molecule has 1 aromatic rings. The van der Waals surface area contributed by atoms with E-state index < -0.39 is 0 Å². The maximum Gasteiger partial charge on any atom is 0.154 e. The second-order valence-corrected chi connectivity index (χ2v) is 6.65. The molecule has 1 heterocycles. The van der Waals surface area contributed by atoms with Crippen LogP contribution in [0.4, 0.5) is 0 Å². The molecule has 5 atom stereocenters. The van der Waals surface area contributed by atoms with Crippen LogP contribution in [0.3, 0.4) is 0 Å². The predicted molar refractivity (Wildman–Crippen MR) is 65.0 cm³/mol. The van der Waals surface area contributed by atoms with Crippen molar-refractivity contribution in [3.63, 3.8) is 0 Å². The lowest BCUT2D eigenvalue weighted by Gasteiger charge is -2.15. The lowest BCUT2D eigenvalue weighted by Crippen LogP contribution is -2.12. The Kier molecular flexibility index (Phi) is 2.05. The molecule has 0 spiro atoms. The SMILES string of the molecule is Cn1nnc(Br)c1C(O)C1C2C3CCC(C3)C21. The van der Waals surface area contributed by atoms with E-state index in [4.69, 9.17) is 0 Å². The maximum absolute atomic E-state index is 10.5. The van der Waals surface area contributed by atoms with Crippen LogP contribution in [0.2, 0.25) is 0 Å². The number of aliphatic hydroxyl groups is 1. The molecule has 3 aliphatic carbocycles. The summed E-state index contributed by atoms with van der Waals surface area (Å²) >= 11 is 3.39. The number of rotatable bonds is 2. The molecule has 0 aromatic carbocycles. The summed E-state index contributed by atoms with van der Waals surface area (Å²) < 4.78 is 2.40. The highest BCUT2D eigenvalue weighted by atomic mass is 79.9. The minimum absolute atomic E-state index is 0.386. The monoisotopic (exact) mass is 297 g/mol. The highest BCUT2D eigenvalue weighted by molar-refractivity contribution is 9.10. The van der Waals surface area contributed by atoms with Gasteiger partial charge in [-0.05, 0) is 64.8 Å². The Hall–Kier alpha value is -0.420. The Balaban J connectivity index is 1.62. The lowest BCUT2D eigenvalue weighted by molar-refractivity contribution is 0.121. The average Bonchev–Trinajstić information content (AvgIpc) is 2.59. The topological polar surface area (TPSA) is 50.9 Å². The van der Waals surface area contributed by atoms with Gasteiger partial charge in [-0.15, -0.1) is 5.10 Å². The van der Waals surface area contributed by atoms with E-state index in [9.17, 15) is 5.11 Å². The summed E-state index contributed by atoms with van der Waals surface area (Å²) in [4.78, 5) is 0. The molecule has 3 fully saturated rings. The third kappa shape index (κ3) is 1.27. The number of halogens is 1. The maximum atomic E-state index is 10.5. The minimum atomic E-state index is -0.386. The fourth-order valence-electron chi connectivity index (χ4n) is 4.65. The summed E-state index contributed by atoms with van der Waals surface area (Å²) in [7, 11) is 1.85. The van der Waals surface area contributed by atoms with E-state index in [2.05, 4.69) is 26.2 Å². The number of hydrogen-bond donors (Lipinski definition) is 1. The molecule has 92 valence electrons. The molecule has 0 amide bonds. The van der Waals surface area contributed by atoms with Crippen LogP contribution in [0, 0.1) is 29.6 Å². The Labute approximate surface area is 109 Å². The molecule has 5 heteroatoms. The zero-order chi connectivity index (χ0) is 11.7. The first kappa shape index (κ1) is 10.5. The van der Waals surface area contributed by atoms with Crippen LogP contribution in [0.5, 0.6) is 0 Å². The van der Waals surface area contributed by atoms with Crippen molar-refractivity contribution in [2.45, 2.75) is 25.4 Å². The Bertz CT molecular complexity index is 439. The van der Waals surface area contributed by atoms with Gasteiger partial charge in [-0.25, -0.2) is 4.68 Å². The zero-order valence-corrected chi connectivity index (χ0v) is 11.3. The molecule has 3 saturated carbocycles. The van der Waals surface area contributed by atoms with Gasteiger partial charge < -0.3 is 5.11 Å². The van der Waals surface area contributed by atoms with Crippen LogP contribution in [0.25, 0.3) is 0 Å². The Morgan fingerprint density at radius 1 is 1.35 bits per heavy atom. The Morgan fingerprint density at radius 3 is 2.53 bits per heavy atom. The normalized spacial score (nSPS) is 43.8. The van der Waals surface area contributed by atoms with Crippen LogP contribution < -0.4 is 0 Å². The number of nitrogens with zero attached hydrogens (tertiary/aromatic N) is 3. The van der Waals surface area contributed by atoms with E-state index in [1.165, 1.54) is 19.3 Å². The van der Waals surface area contributed by atoms with Gasteiger partial charge in [0.15, 0.2) is 4.60 Å². The highest BCUT2D eigenvalue weighted by Gasteiger charge is 2.67. The first-order chi connectivity index (χ1) is 8.18. The van der Waals surface area contributed by atoms with Crippen molar-refractivity contribution in [2.75, 3.05) is 0 Å². The van der Waals surface area contributed by atoms with Gasteiger partial charge in [-0.1, -0.05) is 5.21 Å². The summed E-state index contributed by atoms with van der Waals surface area (Å²) in [5, 5.41) is 18.5. The summed E-state index contributed by atoms with van der Waals surface area (Å²) in [5.41, 5.74) is 0.851. The molecule has 4 nitrogen and oxygen atoms in total. The standard InChI is InChI=1S/C12H16BrN3O/c1-16-10(12(13)14-15-16)11(17)9-7-5-2-3-6(4-5)8(7)9/h5-9,11,17H,2-4H2,1H3. The summed E-state index contributed by atoms with van der Waals surface area (Å²) in [5.74, 6) is 3.82. The molecular formula is C12H16BrN3O. The molecule has 1 N–H and O–H groups in total. The van der Waals surface area contributed by atoms with Crippen LogP contribution in [0.15, 0.2) is 4.60 Å². The average molecular weight is 298 g/mol. The first-order valence-electron chi connectivity index (χ1n) is 6.41. The summed E-state index contributed by atoms with van der Waals surface area (Å²) in [6.07, 6.45) is 3.81. The van der Waals surface area contributed by atoms with Gasteiger partial charge in [0.1, 0.15) is 11.8 Å². The van der Waals surface area contributed by atoms with Crippen molar-refractivity contribution in [3.8, 4) is 0 Å². The number of fused-ring (bicyclic) bond motifs is 5. The number of aryl methyl sites for hydroxylation is 1. The molecule has 1 aromatic heterocycles. The van der Waals surface area contributed by atoms with Gasteiger partial charge in [-0.2, -0.15) is 0 Å². The van der Waals surface area contributed by atoms with Crippen molar-refractivity contribution in [1.82, 2.24) is 15.0 Å². The van der Waals surface area contributed by atoms with Crippen LogP contribution >= 0.6 is 15.9 Å². The number of hydrogen-bond acceptors (Lipinski definition) is 3. The van der Waals surface area contributed by atoms with Gasteiger partial charge >= 0.3 is 0 Å². The molecule has 17 heavy (non-hydrogen) atoms. The molecule has 0 saturated heterocycles. The van der Waals surface area contributed by atoms with Crippen molar-refractivity contribution >= 4 is 15.9 Å². The van der Waals surface area contributed by atoms with E-state index in [1.807, 2.05) is 7.05 Å². The van der Waals surface area contributed by atoms with E-state index in [0.717, 1.165) is 29.4 Å². The number of aliphatic hydroxyl groups excluding tert-OH is 1. The lowest BCUT2D eigenvalue weighted by atomic mass is 9.97. The third-order valence-corrected chi connectivity index (χ3v) is 5.83. The molecule has 3 aliphatic rings.